The maximum absolute atomic E-state index is 5.50. The van der Waals surface area contributed by atoms with E-state index in [2.05, 4.69) is 59.2 Å². The van der Waals surface area contributed by atoms with Crippen LogP contribution in [-0.4, -0.2) is 44.2 Å². The van der Waals surface area contributed by atoms with E-state index in [0.717, 1.165) is 45.2 Å². The Bertz CT molecular complexity index is 483. The van der Waals surface area contributed by atoms with Gasteiger partial charge in [0.2, 0.25) is 0 Å². The summed E-state index contributed by atoms with van der Waals surface area (Å²) in [6.07, 6.45) is 1.09. The smallest absolute Gasteiger partial charge is 0.194 e. The van der Waals surface area contributed by atoms with Crippen LogP contribution in [0.15, 0.2) is 20.9 Å². The lowest BCUT2D eigenvalue weighted by Gasteiger charge is -2.24. The number of nitrogens with zero attached hydrogens (tertiary/aromatic N) is 2. The van der Waals surface area contributed by atoms with Gasteiger partial charge in [0, 0.05) is 30.5 Å². The molecule has 0 aliphatic carbocycles. The zero-order valence-electron chi connectivity index (χ0n) is 13.0. The molecule has 2 heterocycles. The van der Waals surface area contributed by atoms with Gasteiger partial charge in [-0.3, -0.25) is 4.99 Å². The van der Waals surface area contributed by atoms with Crippen molar-refractivity contribution in [1.29, 1.82) is 0 Å². The summed E-state index contributed by atoms with van der Waals surface area (Å²) in [5.74, 6) is 0.968. The number of aliphatic imine (C=N–C) groups is 1. The largest absolute Gasteiger partial charge is 0.381 e. The Kier molecular flexibility index (Phi) is 6.08. The van der Waals surface area contributed by atoms with Crippen LogP contribution in [0.3, 0.4) is 0 Å². The highest BCUT2D eigenvalue weighted by Crippen LogP contribution is 2.28. The molecule has 0 saturated carbocycles. The van der Waals surface area contributed by atoms with Crippen LogP contribution in [-0.2, 0) is 11.3 Å². The first-order valence-electron chi connectivity index (χ1n) is 7.34. The summed E-state index contributed by atoms with van der Waals surface area (Å²) >= 11 is 5.28. The number of rotatable bonds is 5. The number of ether oxygens (including phenoxy) is 1. The lowest BCUT2D eigenvalue weighted by Crippen LogP contribution is -2.39. The van der Waals surface area contributed by atoms with E-state index in [1.54, 1.807) is 11.3 Å². The van der Waals surface area contributed by atoms with E-state index in [9.17, 15) is 0 Å². The summed E-state index contributed by atoms with van der Waals surface area (Å²) in [5, 5.41) is 3.38. The summed E-state index contributed by atoms with van der Waals surface area (Å²) < 4.78 is 6.67. The molecule has 1 aliphatic heterocycles. The third-order valence-electron chi connectivity index (χ3n) is 3.63. The fourth-order valence-corrected chi connectivity index (χ4v) is 3.85. The van der Waals surface area contributed by atoms with Crippen LogP contribution >= 0.6 is 27.3 Å². The molecule has 0 bridgehead atoms. The van der Waals surface area contributed by atoms with Crippen molar-refractivity contribution < 1.29 is 4.74 Å². The van der Waals surface area contributed by atoms with Crippen molar-refractivity contribution in [1.82, 2.24) is 10.2 Å². The molecule has 0 aromatic carbocycles. The van der Waals surface area contributed by atoms with E-state index < -0.39 is 0 Å². The lowest BCUT2D eigenvalue weighted by molar-refractivity contribution is 0.162. The van der Waals surface area contributed by atoms with Crippen molar-refractivity contribution in [3.63, 3.8) is 0 Å². The molecule has 1 N–H and O–H groups in total. The van der Waals surface area contributed by atoms with E-state index >= 15 is 0 Å². The maximum Gasteiger partial charge on any atom is 0.194 e. The molecule has 0 spiro atoms. The molecule has 1 aliphatic rings. The maximum atomic E-state index is 5.50. The highest BCUT2D eigenvalue weighted by Gasteiger charge is 2.29. The van der Waals surface area contributed by atoms with Crippen LogP contribution in [0, 0.1) is 5.41 Å². The van der Waals surface area contributed by atoms with Gasteiger partial charge in [-0.1, -0.05) is 6.92 Å². The average molecular weight is 374 g/mol. The predicted octanol–water partition coefficient (Wildman–Crippen LogP) is 3.33. The molecule has 1 aromatic heterocycles. The zero-order chi connectivity index (χ0) is 15.3. The van der Waals surface area contributed by atoms with E-state index in [-0.39, 0.29) is 5.41 Å². The molecule has 4 nitrogen and oxygen atoms in total. The van der Waals surface area contributed by atoms with Crippen LogP contribution in [0.1, 0.15) is 25.1 Å². The highest BCUT2D eigenvalue weighted by atomic mass is 79.9. The number of hydrogen-bond acceptors (Lipinski definition) is 3. The van der Waals surface area contributed by atoms with Crippen LogP contribution in [0.25, 0.3) is 0 Å². The Morgan fingerprint density at radius 3 is 2.95 bits per heavy atom. The lowest BCUT2D eigenvalue weighted by atomic mass is 9.90. The van der Waals surface area contributed by atoms with Crippen LogP contribution in [0.2, 0.25) is 0 Å². The fraction of sp³-hybridized carbons (Fsp3) is 0.667. The third kappa shape index (κ3) is 4.97. The van der Waals surface area contributed by atoms with Crippen molar-refractivity contribution in [3.05, 3.63) is 20.8 Å². The van der Waals surface area contributed by atoms with Gasteiger partial charge in [-0.25, -0.2) is 0 Å². The molecule has 1 unspecified atom stereocenters. The second-order valence-corrected chi connectivity index (χ2v) is 8.39. The van der Waals surface area contributed by atoms with Gasteiger partial charge in [0.05, 0.1) is 23.5 Å². The predicted molar refractivity (Wildman–Crippen MR) is 93.0 cm³/mol. The van der Waals surface area contributed by atoms with Gasteiger partial charge in [-0.05, 0) is 41.4 Å². The molecule has 21 heavy (non-hydrogen) atoms. The Labute approximate surface area is 139 Å². The van der Waals surface area contributed by atoms with Gasteiger partial charge >= 0.3 is 0 Å². The van der Waals surface area contributed by atoms with E-state index in [1.807, 2.05) is 0 Å². The minimum atomic E-state index is 0.188. The standard InChI is InChI=1S/C15H24BrN3OS/c1-4-17-14(18-10-15(2)7-8-20-11-15)19(3)9-12-5-6-13(16)21-12/h5-6H,4,7-11H2,1-3H3,(H,17,18). The molecule has 1 fully saturated rings. The molecular formula is C15H24BrN3OS. The summed E-state index contributed by atoms with van der Waals surface area (Å²) in [6.45, 7) is 8.60. The van der Waals surface area contributed by atoms with Gasteiger partial charge in [-0.2, -0.15) is 0 Å². The van der Waals surface area contributed by atoms with Crippen molar-refractivity contribution in [2.45, 2.75) is 26.8 Å². The fourth-order valence-electron chi connectivity index (χ4n) is 2.31. The van der Waals surface area contributed by atoms with Gasteiger partial charge < -0.3 is 15.0 Å². The summed E-state index contributed by atoms with van der Waals surface area (Å²) in [5.41, 5.74) is 0.188. The third-order valence-corrected chi connectivity index (χ3v) is 5.24. The molecule has 1 atom stereocenters. The van der Waals surface area contributed by atoms with Crippen molar-refractivity contribution >= 4 is 33.2 Å². The van der Waals surface area contributed by atoms with E-state index in [4.69, 9.17) is 9.73 Å². The molecule has 0 amide bonds. The summed E-state index contributed by atoms with van der Waals surface area (Å²) in [4.78, 5) is 8.32. The van der Waals surface area contributed by atoms with Gasteiger partial charge in [-0.15, -0.1) is 11.3 Å². The SMILES string of the molecule is CCNC(=NCC1(C)CCOC1)N(C)Cc1ccc(Br)s1. The second-order valence-electron chi connectivity index (χ2n) is 5.85. The zero-order valence-corrected chi connectivity index (χ0v) is 15.4. The Balaban J connectivity index is 1.99. The molecule has 0 radical (unpaired) electrons. The van der Waals surface area contributed by atoms with Gasteiger partial charge in [0.25, 0.3) is 0 Å². The van der Waals surface area contributed by atoms with Crippen molar-refractivity contribution in [3.8, 4) is 0 Å². The molecule has 2 rings (SSSR count). The molecule has 118 valence electrons. The number of guanidine groups is 1. The average Bonchev–Trinajstić information content (AvgIpc) is 3.04. The summed E-state index contributed by atoms with van der Waals surface area (Å²) in [6, 6.07) is 4.25. The number of thiophene rings is 1. The minimum absolute atomic E-state index is 0.188. The molecule has 1 saturated heterocycles. The topological polar surface area (TPSA) is 36.9 Å². The van der Waals surface area contributed by atoms with Crippen molar-refractivity contribution in [2.24, 2.45) is 10.4 Å². The van der Waals surface area contributed by atoms with E-state index in [1.165, 1.54) is 8.66 Å². The van der Waals surface area contributed by atoms with Gasteiger partial charge in [0.15, 0.2) is 5.96 Å². The first kappa shape index (κ1) is 16.8. The first-order chi connectivity index (χ1) is 10.0. The molecule has 1 aromatic rings. The number of nitrogens with one attached hydrogen (secondary N) is 1. The van der Waals surface area contributed by atoms with Crippen molar-refractivity contribution in [2.75, 3.05) is 33.4 Å². The second kappa shape index (κ2) is 7.61. The Morgan fingerprint density at radius 2 is 2.38 bits per heavy atom. The first-order valence-corrected chi connectivity index (χ1v) is 8.95. The molecular weight excluding hydrogens is 350 g/mol. The quantitative estimate of drug-likeness (QED) is 0.635. The monoisotopic (exact) mass is 373 g/mol. The normalized spacial score (nSPS) is 22.6. The van der Waals surface area contributed by atoms with Crippen LogP contribution in [0.5, 0.6) is 0 Å². The highest BCUT2D eigenvalue weighted by molar-refractivity contribution is 9.11. The van der Waals surface area contributed by atoms with E-state index in [0.29, 0.717) is 0 Å². The minimum Gasteiger partial charge on any atom is -0.381 e. The molecule has 6 heteroatoms. The Morgan fingerprint density at radius 1 is 1.57 bits per heavy atom. The summed E-state index contributed by atoms with van der Waals surface area (Å²) in [7, 11) is 2.09. The number of hydrogen-bond donors (Lipinski definition) is 1. The van der Waals surface area contributed by atoms with Crippen LogP contribution in [0.4, 0.5) is 0 Å². The Hall–Kier alpha value is -0.590. The van der Waals surface area contributed by atoms with Crippen LogP contribution < -0.4 is 5.32 Å². The van der Waals surface area contributed by atoms with Gasteiger partial charge in [0.1, 0.15) is 0 Å². The number of halogens is 1.